The van der Waals surface area contributed by atoms with Crippen LogP contribution < -0.4 is 31.2 Å². The number of ether oxygens (including phenoxy) is 2. The van der Waals surface area contributed by atoms with Gasteiger partial charge in [0.1, 0.15) is 22.9 Å². The second-order valence-electron chi connectivity index (χ2n) is 13.5. The molecule has 2 aliphatic rings. The smallest absolute Gasteiger partial charge is 0.172 e. The molecule has 56 heavy (non-hydrogen) atoms. The fraction of sp³-hybridized carbons (Fsp3) is 0.500. The van der Waals surface area contributed by atoms with E-state index in [9.17, 15) is 9.18 Å². The minimum Gasteiger partial charge on any atom is -0.489 e. The number of amidine groups is 1. The molecule has 3 heterocycles. The Labute approximate surface area is 337 Å². The molecule has 2 aliphatic heterocycles. The van der Waals surface area contributed by atoms with Crippen LogP contribution >= 0.6 is 0 Å². The number of ketones is 1. The summed E-state index contributed by atoms with van der Waals surface area (Å²) in [6, 6.07) is 5.27. The first kappa shape index (κ1) is 51.0. The molecule has 0 saturated carbocycles. The molecule has 1 aromatic carbocycles. The number of likely N-dealkylation sites (N-methyl/N-ethyl adjacent to an activating group) is 1. The number of aromatic nitrogens is 1. The van der Waals surface area contributed by atoms with E-state index in [0.29, 0.717) is 42.3 Å². The number of halogens is 1. The molecule has 1 aromatic heterocycles. The van der Waals surface area contributed by atoms with E-state index in [1.807, 2.05) is 64.9 Å². The number of fused-ring (bicyclic) bond motifs is 1. The lowest BCUT2D eigenvalue weighted by molar-refractivity contribution is -0.112. The molecule has 0 amide bonds. The number of carbonyl (C=O) groups is 1. The largest absolute Gasteiger partial charge is 0.489 e. The highest BCUT2D eigenvalue weighted by Crippen LogP contribution is 2.33. The number of terminal acetylenes is 1. The highest BCUT2D eigenvalue weighted by atomic mass is 19.1. The van der Waals surface area contributed by atoms with E-state index in [1.54, 1.807) is 38.3 Å². The molecule has 2 aromatic rings. The third-order valence-corrected chi connectivity index (χ3v) is 7.95. The van der Waals surface area contributed by atoms with Crippen molar-refractivity contribution >= 4 is 29.3 Å². The first-order valence-electron chi connectivity index (χ1n) is 19.4. The van der Waals surface area contributed by atoms with E-state index in [4.69, 9.17) is 37.8 Å². The van der Waals surface area contributed by atoms with Gasteiger partial charge in [-0.1, -0.05) is 40.2 Å². The number of hydrogen-bond donors (Lipinski definition) is 4. The van der Waals surface area contributed by atoms with Crippen LogP contribution in [-0.2, 0) is 4.79 Å². The number of nitrogens with one attached hydrogen (secondary N) is 2. The lowest BCUT2D eigenvalue weighted by Crippen LogP contribution is -2.30. The number of hydrogen-bond acceptors (Lipinski definition) is 10. The van der Waals surface area contributed by atoms with Crippen molar-refractivity contribution < 1.29 is 18.7 Å². The second kappa shape index (κ2) is 29.3. The van der Waals surface area contributed by atoms with Gasteiger partial charge >= 0.3 is 0 Å². The minimum atomic E-state index is -0.513. The molecule has 0 fully saturated rings. The summed E-state index contributed by atoms with van der Waals surface area (Å²) in [4.78, 5) is 24.0. The van der Waals surface area contributed by atoms with Crippen LogP contribution in [0.1, 0.15) is 91.0 Å². The minimum absolute atomic E-state index is 0.105. The zero-order chi connectivity index (χ0) is 42.6. The number of pyridine rings is 1. The topological polar surface area (TPSA) is 155 Å². The van der Waals surface area contributed by atoms with Crippen LogP contribution in [0.25, 0.3) is 0 Å². The number of nitrogens with zero attached hydrogens (tertiary/aromatic N) is 4. The molecular weight excluding hydrogens is 708 g/mol. The molecule has 0 aliphatic carbocycles. The third-order valence-electron chi connectivity index (χ3n) is 7.95. The Morgan fingerprint density at radius 2 is 1.89 bits per heavy atom. The van der Waals surface area contributed by atoms with Gasteiger partial charge in [0.05, 0.1) is 6.61 Å². The maximum atomic E-state index is 15.0. The first-order chi connectivity index (χ1) is 26.6. The van der Waals surface area contributed by atoms with Crippen molar-refractivity contribution in [2.24, 2.45) is 22.4 Å². The van der Waals surface area contributed by atoms with Gasteiger partial charge in [-0.05, 0) is 116 Å². The molecule has 2 unspecified atom stereocenters. The number of aliphatic imine (C=N–C) groups is 1. The highest BCUT2D eigenvalue weighted by Gasteiger charge is 2.24. The number of allylic oxidation sites excluding steroid dienone is 2. The van der Waals surface area contributed by atoms with E-state index in [0.717, 1.165) is 68.0 Å². The van der Waals surface area contributed by atoms with Crippen LogP contribution in [0.4, 0.5) is 15.9 Å². The number of dihydropyridines is 1. The lowest BCUT2D eigenvalue weighted by atomic mass is 10.1. The van der Waals surface area contributed by atoms with Crippen molar-refractivity contribution in [1.29, 1.82) is 5.41 Å². The predicted octanol–water partition coefficient (Wildman–Crippen LogP) is 8.01. The van der Waals surface area contributed by atoms with Gasteiger partial charge in [-0.3, -0.25) is 4.79 Å². The average Bonchev–Trinajstić information content (AvgIpc) is 3.32. The highest BCUT2D eigenvalue weighted by molar-refractivity contribution is 5.99. The van der Waals surface area contributed by atoms with Crippen molar-refractivity contribution in [2.75, 3.05) is 51.8 Å². The normalized spacial score (nSPS) is 14.8. The quantitative estimate of drug-likeness (QED) is 0.0769. The molecule has 310 valence electrons. The van der Waals surface area contributed by atoms with E-state index in [-0.39, 0.29) is 17.3 Å². The van der Waals surface area contributed by atoms with Crippen LogP contribution in [0.2, 0.25) is 0 Å². The Hall–Kier alpha value is -4.99. The fourth-order valence-electron chi connectivity index (χ4n) is 4.58. The van der Waals surface area contributed by atoms with Gasteiger partial charge < -0.3 is 41.5 Å². The van der Waals surface area contributed by atoms with Gasteiger partial charge in [0, 0.05) is 50.3 Å². The summed E-state index contributed by atoms with van der Waals surface area (Å²) in [5.74, 6) is 5.19. The van der Waals surface area contributed by atoms with Crippen molar-refractivity contribution in [3.8, 4) is 23.8 Å². The standard InChI is InChI=1S/C27H34FN5O2.C8H15NO.C4H6.C3H9N.C2H5N/c1-5-6-11-33-15-17(2)16-34-24-13-19(4)25(32-27(24)33)26(29)31-22-12-18(3)23(14-21(22)28)35-20-7-9-30-10-8-20;1-7(9(3)4)5-6-8(2)10;1-3-4-2;1-2-3-4;1-2-3/h7-9,12-14,17,30H,5-6,10-11,15-16H2,1-4H3,(H2,29,31);5-7H,1-4H3;1H,4H2,2H3;2-4H2,1H3;2-3H,1H3/b;6-5+;;;. The molecule has 0 bridgehead atoms. The Balaban J connectivity index is 0.00000119. The van der Waals surface area contributed by atoms with Crippen LogP contribution in [-0.4, -0.2) is 80.6 Å². The molecule has 12 heteroatoms. The van der Waals surface area contributed by atoms with E-state index >= 15 is 0 Å². The van der Waals surface area contributed by atoms with Gasteiger partial charge in [0.15, 0.2) is 29.0 Å². The van der Waals surface area contributed by atoms with Crippen molar-refractivity contribution in [3.63, 3.8) is 0 Å². The SMILES string of the molecule is C#CCC.CC(=O)/C=C/C(C)N(C)C.CC=N.CCCCN1CC(C)COc2cc(C)c(C(N)=Nc3cc(C)c(OC4=CCNC=C4)cc3F)nc21.CCCN. The molecule has 0 spiro atoms. The number of nitrogens with two attached hydrogens (primary N) is 2. The molecule has 0 radical (unpaired) electrons. The van der Waals surface area contributed by atoms with Crippen LogP contribution in [0, 0.1) is 43.3 Å². The number of unbranched alkanes of at least 4 members (excludes halogenated alkanes) is 1. The molecule has 2 atom stereocenters. The first-order valence-corrected chi connectivity index (χ1v) is 19.4. The maximum Gasteiger partial charge on any atom is 0.172 e. The molecule has 11 nitrogen and oxygen atoms in total. The lowest BCUT2D eigenvalue weighted by Gasteiger charge is -2.25. The van der Waals surface area contributed by atoms with Crippen LogP contribution in [0.5, 0.6) is 11.5 Å². The summed E-state index contributed by atoms with van der Waals surface area (Å²) in [5.41, 5.74) is 13.7. The number of anilines is 1. The summed E-state index contributed by atoms with van der Waals surface area (Å²) >= 11 is 0. The Morgan fingerprint density at radius 1 is 1.25 bits per heavy atom. The zero-order valence-electron chi connectivity index (χ0n) is 35.8. The molecule has 6 N–H and O–H groups in total. The summed E-state index contributed by atoms with van der Waals surface area (Å²) in [6.07, 6.45) is 19.1. The predicted molar refractivity (Wildman–Crippen MR) is 234 cm³/mol. The summed E-state index contributed by atoms with van der Waals surface area (Å²) < 4.78 is 26.9. The van der Waals surface area contributed by atoms with Gasteiger partial charge in [-0.2, -0.15) is 0 Å². The van der Waals surface area contributed by atoms with Gasteiger partial charge in [-0.25, -0.2) is 14.4 Å². The number of rotatable bonds is 11. The fourth-order valence-corrected chi connectivity index (χ4v) is 4.58. The summed E-state index contributed by atoms with van der Waals surface area (Å²) in [5, 5.41) is 9.14. The zero-order valence-corrected chi connectivity index (χ0v) is 35.8. The molecular formula is C44H69FN8O3. The monoisotopic (exact) mass is 777 g/mol. The number of aryl methyl sites for hydroxylation is 2. The number of benzene rings is 1. The molecule has 4 rings (SSSR count). The number of carbonyl (C=O) groups excluding carboxylic acids is 1. The van der Waals surface area contributed by atoms with Gasteiger partial charge in [0.2, 0.25) is 0 Å². The Bertz CT molecular complexity index is 1640. The van der Waals surface area contributed by atoms with Gasteiger partial charge in [0.25, 0.3) is 0 Å². The van der Waals surface area contributed by atoms with Crippen molar-refractivity contribution in [1.82, 2.24) is 15.2 Å². The van der Waals surface area contributed by atoms with E-state index < -0.39 is 5.82 Å². The maximum absolute atomic E-state index is 15.0. The summed E-state index contributed by atoms with van der Waals surface area (Å²) in [7, 11) is 3.96. The van der Waals surface area contributed by atoms with Gasteiger partial charge in [-0.15, -0.1) is 12.3 Å². The molecule has 0 saturated heterocycles. The van der Waals surface area contributed by atoms with Crippen molar-refractivity contribution in [2.45, 2.75) is 94.0 Å². The summed E-state index contributed by atoms with van der Waals surface area (Å²) in [6.45, 7) is 21.2. The van der Waals surface area contributed by atoms with Crippen molar-refractivity contribution in [3.05, 3.63) is 77.1 Å². The second-order valence-corrected chi connectivity index (χ2v) is 13.5. The average molecular weight is 777 g/mol. The Kier molecular flexibility index (Phi) is 26.7. The van der Waals surface area contributed by atoms with E-state index in [1.165, 1.54) is 12.3 Å². The third kappa shape index (κ3) is 20.1. The Morgan fingerprint density at radius 3 is 2.41 bits per heavy atom. The van der Waals surface area contributed by atoms with Crippen LogP contribution in [0.15, 0.2) is 59.5 Å². The van der Waals surface area contributed by atoms with Crippen LogP contribution in [0.3, 0.4) is 0 Å². The van der Waals surface area contributed by atoms with E-state index in [2.05, 4.69) is 41.9 Å².